The normalized spacial score (nSPS) is 11.1. The van der Waals surface area contributed by atoms with Crippen LogP contribution in [-0.4, -0.2) is 21.3 Å². The predicted octanol–water partition coefficient (Wildman–Crippen LogP) is 2.72. The molecule has 3 rings (SSSR count). The van der Waals surface area contributed by atoms with Gasteiger partial charge in [0.25, 0.3) is 0 Å². The summed E-state index contributed by atoms with van der Waals surface area (Å²) in [5, 5.41) is 8.80. The monoisotopic (exact) mass is 302 g/mol. The van der Waals surface area contributed by atoms with Crippen LogP contribution in [0.3, 0.4) is 0 Å². The molecule has 2 aromatic heterocycles. The molecule has 0 radical (unpaired) electrons. The van der Waals surface area contributed by atoms with Gasteiger partial charge in [0.15, 0.2) is 0 Å². The third-order valence-corrected chi connectivity index (χ3v) is 4.45. The van der Waals surface area contributed by atoms with Gasteiger partial charge in [-0.05, 0) is 18.0 Å². The smallest absolute Gasteiger partial charge is 0.335 e. The number of rotatable bonds is 6. The van der Waals surface area contributed by atoms with E-state index < -0.39 is 0 Å². The number of hydrogen-bond donors (Lipinski definition) is 1. The Hall–Kier alpha value is -1.92. The van der Waals surface area contributed by atoms with Crippen LogP contribution in [0.5, 0.6) is 6.01 Å². The number of nitrogens with zero attached hydrogens (tertiary/aromatic N) is 3. The number of benzene rings is 1. The van der Waals surface area contributed by atoms with E-state index in [2.05, 4.69) is 46.6 Å². The first-order valence-corrected chi connectivity index (χ1v) is 7.78. The van der Waals surface area contributed by atoms with E-state index in [1.165, 1.54) is 20.5 Å². The first-order chi connectivity index (χ1) is 10.3. The molecule has 0 saturated heterocycles. The molecule has 0 bridgehead atoms. The zero-order valence-corrected chi connectivity index (χ0v) is 13.0. The minimum atomic E-state index is 0.419. The van der Waals surface area contributed by atoms with E-state index in [9.17, 15) is 0 Å². The Morgan fingerprint density at radius 1 is 1.33 bits per heavy atom. The summed E-state index contributed by atoms with van der Waals surface area (Å²) in [6.07, 6.45) is 1.64. The first-order valence-electron chi connectivity index (χ1n) is 6.96. The molecule has 0 spiro atoms. The van der Waals surface area contributed by atoms with Crippen molar-refractivity contribution in [2.45, 2.75) is 20.1 Å². The van der Waals surface area contributed by atoms with Crippen LogP contribution in [0.25, 0.3) is 10.1 Å². The van der Waals surface area contributed by atoms with Crippen LogP contribution < -0.4 is 10.1 Å². The lowest BCUT2D eigenvalue weighted by Gasteiger charge is -2.05. The largest absolute Gasteiger partial charge is 0.457 e. The molecule has 1 N–H and O–H groups in total. The molecule has 0 aliphatic heterocycles. The lowest BCUT2D eigenvalue weighted by molar-refractivity contribution is 0.280. The highest BCUT2D eigenvalue weighted by Gasteiger charge is 2.13. The van der Waals surface area contributed by atoms with E-state index >= 15 is 0 Å². The Morgan fingerprint density at radius 2 is 2.19 bits per heavy atom. The van der Waals surface area contributed by atoms with E-state index in [1.807, 2.05) is 18.4 Å². The second-order valence-corrected chi connectivity index (χ2v) is 5.91. The van der Waals surface area contributed by atoms with Gasteiger partial charge in [-0.3, -0.25) is 4.68 Å². The standard InChI is InChI=1S/C15H18N4OS/c1-3-16-8-14-12(9-20-15-17-10-19(2)18-15)11-6-4-5-7-13(11)21-14/h4-7,10,16H,3,8-9H2,1-2H3. The van der Waals surface area contributed by atoms with Crippen LogP contribution in [0.1, 0.15) is 17.4 Å². The molecule has 2 heterocycles. The minimum Gasteiger partial charge on any atom is -0.457 e. The van der Waals surface area contributed by atoms with Crippen molar-refractivity contribution in [3.8, 4) is 6.01 Å². The fourth-order valence-electron chi connectivity index (χ4n) is 2.21. The summed E-state index contributed by atoms with van der Waals surface area (Å²) in [7, 11) is 1.83. The number of hydrogen-bond acceptors (Lipinski definition) is 5. The Labute approximate surface area is 127 Å². The highest BCUT2D eigenvalue weighted by atomic mass is 32.1. The Kier molecular flexibility index (Phi) is 4.17. The molecular formula is C15H18N4OS. The maximum absolute atomic E-state index is 5.74. The number of fused-ring (bicyclic) bond motifs is 1. The summed E-state index contributed by atoms with van der Waals surface area (Å²) in [5.74, 6) is 0. The van der Waals surface area contributed by atoms with Crippen molar-refractivity contribution in [1.82, 2.24) is 20.1 Å². The quantitative estimate of drug-likeness (QED) is 0.760. The van der Waals surface area contributed by atoms with Gasteiger partial charge < -0.3 is 10.1 Å². The molecule has 110 valence electrons. The van der Waals surface area contributed by atoms with Gasteiger partial charge in [-0.1, -0.05) is 25.1 Å². The summed E-state index contributed by atoms with van der Waals surface area (Å²) in [6.45, 7) is 4.43. The molecule has 6 heteroatoms. The molecule has 0 saturated carbocycles. The van der Waals surface area contributed by atoms with Crippen molar-refractivity contribution >= 4 is 21.4 Å². The Bertz CT molecular complexity index is 734. The highest BCUT2D eigenvalue weighted by Crippen LogP contribution is 2.31. The van der Waals surface area contributed by atoms with Crippen LogP contribution >= 0.6 is 11.3 Å². The van der Waals surface area contributed by atoms with Gasteiger partial charge in [0.05, 0.1) is 0 Å². The van der Waals surface area contributed by atoms with Crippen molar-refractivity contribution in [1.29, 1.82) is 0 Å². The lowest BCUT2D eigenvalue weighted by Crippen LogP contribution is -2.12. The highest BCUT2D eigenvalue weighted by molar-refractivity contribution is 7.19. The number of aromatic nitrogens is 3. The summed E-state index contributed by atoms with van der Waals surface area (Å²) in [6, 6.07) is 8.85. The summed E-state index contributed by atoms with van der Waals surface area (Å²) < 4.78 is 8.67. The van der Waals surface area contributed by atoms with Crippen molar-refractivity contribution < 1.29 is 4.74 Å². The van der Waals surface area contributed by atoms with Crippen LogP contribution in [0.15, 0.2) is 30.6 Å². The van der Waals surface area contributed by atoms with Crippen molar-refractivity contribution in [2.75, 3.05) is 6.54 Å². The van der Waals surface area contributed by atoms with Gasteiger partial charge in [0, 0.05) is 28.7 Å². The SMILES string of the molecule is CCNCc1sc2ccccc2c1COc1ncn(C)n1. The van der Waals surface area contributed by atoms with Crippen molar-refractivity contribution in [3.63, 3.8) is 0 Å². The van der Waals surface area contributed by atoms with E-state index in [0.717, 1.165) is 13.1 Å². The fourth-order valence-corrected chi connectivity index (χ4v) is 3.39. The Balaban J connectivity index is 1.87. The van der Waals surface area contributed by atoms with E-state index in [1.54, 1.807) is 11.0 Å². The lowest BCUT2D eigenvalue weighted by atomic mass is 10.1. The predicted molar refractivity (Wildman–Crippen MR) is 84.5 cm³/mol. The van der Waals surface area contributed by atoms with Crippen molar-refractivity contribution in [2.24, 2.45) is 7.05 Å². The Morgan fingerprint density at radius 3 is 2.95 bits per heavy atom. The topological polar surface area (TPSA) is 52.0 Å². The van der Waals surface area contributed by atoms with Crippen LogP contribution in [0.2, 0.25) is 0 Å². The molecule has 21 heavy (non-hydrogen) atoms. The molecule has 0 amide bonds. The van der Waals surface area contributed by atoms with Gasteiger partial charge in [-0.15, -0.1) is 16.4 Å². The van der Waals surface area contributed by atoms with Gasteiger partial charge in [0.2, 0.25) is 0 Å². The molecule has 5 nitrogen and oxygen atoms in total. The van der Waals surface area contributed by atoms with Crippen LogP contribution in [0.4, 0.5) is 0 Å². The number of nitrogens with one attached hydrogen (secondary N) is 1. The average molecular weight is 302 g/mol. The molecule has 0 aliphatic rings. The maximum atomic E-state index is 5.74. The third kappa shape index (κ3) is 3.06. The molecule has 0 unspecified atom stereocenters. The number of thiophene rings is 1. The van der Waals surface area contributed by atoms with E-state index in [-0.39, 0.29) is 0 Å². The van der Waals surface area contributed by atoms with E-state index in [0.29, 0.717) is 12.6 Å². The van der Waals surface area contributed by atoms with Gasteiger partial charge in [-0.25, -0.2) is 0 Å². The zero-order valence-electron chi connectivity index (χ0n) is 12.2. The summed E-state index contributed by atoms with van der Waals surface area (Å²) in [4.78, 5) is 5.42. The number of ether oxygens (including phenoxy) is 1. The minimum absolute atomic E-state index is 0.419. The number of aryl methyl sites for hydroxylation is 1. The first kappa shape index (κ1) is 14.0. The second kappa shape index (κ2) is 6.24. The van der Waals surface area contributed by atoms with Crippen LogP contribution in [0, 0.1) is 0 Å². The van der Waals surface area contributed by atoms with Gasteiger partial charge in [-0.2, -0.15) is 4.98 Å². The van der Waals surface area contributed by atoms with Crippen molar-refractivity contribution in [3.05, 3.63) is 41.0 Å². The third-order valence-electron chi connectivity index (χ3n) is 3.24. The zero-order chi connectivity index (χ0) is 14.7. The van der Waals surface area contributed by atoms with Gasteiger partial charge in [0.1, 0.15) is 12.9 Å². The second-order valence-electron chi connectivity index (χ2n) is 4.77. The van der Waals surface area contributed by atoms with Crippen LogP contribution in [-0.2, 0) is 20.2 Å². The molecule has 0 fully saturated rings. The molecule has 1 aromatic carbocycles. The van der Waals surface area contributed by atoms with Gasteiger partial charge >= 0.3 is 6.01 Å². The average Bonchev–Trinajstić information content (AvgIpc) is 3.06. The molecule has 0 atom stereocenters. The molecule has 3 aromatic rings. The van der Waals surface area contributed by atoms with E-state index in [4.69, 9.17) is 4.74 Å². The fraction of sp³-hybridized carbons (Fsp3) is 0.333. The maximum Gasteiger partial charge on any atom is 0.335 e. The molecular weight excluding hydrogens is 284 g/mol. The summed E-state index contributed by atoms with van der Waals surface area (Å²) >= 11 is 1.82. The summed E-state index contributed by atoms with van der Waals surface area (Å²) in [5.41, 5.74) is 1.23. The molecule has 0 aliphatic carbocycles.